The molecule has 1 amide bonds. The summed E-state index contributed by atoms with van der Waals surface area (Å²) in [6.07, 6.45) is 6.81. The Morgan fingerprint density at radius 2 is 2.08 bits per heavy atom. The minimum atomic E-state index is -0.369. The summed E-state index contributed by atoms with van der Waals surface area (Å²) in [5.41, 5.74) is 1.85. The van der Waals surface area contributed by atoms with Gasteiger partial charge < -0.3 is 0 Å². The monoisotopic (exact) mass is 349 g/mol. The molecule has 0 saturated carbocycles. The molecule has 8 nitrogen and oxygen atoms in total. The van der Waals surface area contributed by atoms with E-state index in [0.717, 1.165) is 11.3 Å². The molecule has 4 heterocycles. The van der Waals surface area contributed by atoms with E-state index in [4.69, 9.17) is 0 Å². The number of hydrogen-bond acceptors (Lipinski definition) is 7. The maximum Gasteiger partial charge on any atom is 0.277 e. The molecule has 0 aromatic carbocycles. The highest BCUT2D eigenvalue weighted by Crippen LogP contribution is 2.24. The second-order valence-corrected chi connectivity index (χ2v) is 5.82. The van der Waals surface area contributed by atoms with Gasteiger partial charge in [0.15, 0.2) is 16.6 Å². The topological polar surface area (TPSA) is 98.5 Å². The smallest absolute Gasteiger partial charge is 0.277 e. The average molecular weight is 349 g/mol. The number of aromatic nitrogens is 6. The Morgan fingerprint density at radius 1 is 1.12 bits per heavy atom. The van der Waals surface area contributed by atoms with Gasteiger partial charge in [0.05, 0.1) is 5.69 Å². The minimum absolute atomic E-state index is 0.203. The summed E-state index contributed by atoms with van der Waals surface area (Å²) < 4.78 is 1.57. The van der Waals surface area contributed by atoms with E-state index in [0.29, 0.717) is 10.9 Å². The number of anilines is 1. The van der Waals surface area contributed by atoms with Crippen molar-refractivity contribution in [2.75, 3.05) is 5.32 Å². The standard InChI is InChI=1S/C16H11N7OS/c24-15(12-4-5-14(22-21-12)23-8-2-7-18-23)20-16-19-13(10-25-16)11-3-1-6-17-9-11/h1-10H,(H,19,20,24). The van der Waals surface area contributed by atoms with Crippen LogP contribution in [0.5, 0.6) is 0 Å². The molecule has 0 aliphatic carbocycles. The summed E-state index contributed by atoms with van der Waals surface area (Å²) in [4.78, 5) is 20.7. The normalized spacial score (nSPS) is 10.6. The van der Waals surface area contributed by atoms with Crippen molar-refractivity contribution in [1.29, 1.82) is 0 Å². The molecule has 0 aliphatic heterocycles. The van der Waals surface area contributed by atoms with Gasteiger partial charge in [0.25, 0.3) is 5.91 Å². The lowest BCUT2D eigenvalue weighted by Gasteiger charge is -2.02. The van der Waals surface area contributed by atoms with Crippen LogP contribution in [0.15, 0.2) is 60.5 Å². The highest BCUT2D eigenvalue weighted by Gasteiger charge is 2.12. The molecule has 0 spiro atoms. The molecule has 25 heavy (non-hydrogen) atoms. The maximum absolute atomic E-state index is 12.3. The van der Waals surface area contributed by atoms with Gasteiger partial charge in [-0.2, -0.15) is 5.10 Å². The molecular weight excluding hydrogens is 338 g/mol. The predicted molar refractivity (Wildman–Crippen MR) is 92.5 cm³/mol. The molecule has 0 fully saturated rings. The van der Waals surface area contributed by atoms with Crippen molar-refractivity contribution in [2.45, 2.75) is 0 Å². The van der Waals surface area contributed by atoms with Crippen LogP contribution in [0.4, 0.5) is 5.13 Å². The second kappa shape index (κ2) is 6.57. The summed E-state index contributed by atoms with van der Waals surface area (Å²) in [6.45, 7) is 0. The van der Waals surface area contributed by atoms with Crippen molar-refractivity contribution in [3.8, 4) is 17.1 Å². The zero-order valence-corrected chi connectivity index (χ0v) is 13.6. The SMILES string of the molecule is O=C(Nc1nc(-c2cccnc2)cs1)c1ccc(-n2cccn2)nn1. The number of thiazole rings is 1. The molecule has 0 saturated heterocycles. The molecule has 0 aliphatic rings. The number of pyridine rings is 1. The van der Waals surface area contributed by atoms with Crippen molar-refractivity contribution in [2.24, 2.45) is 0 Å². The fourth-order valence-electron chi connectivity index (χ4n) is 2.11. The Labute approximate surface area is 146 Å². The van der Waals surface area contributed by atoms with Crippen LogP contribution >= 0.6 is 11.3 Å². The first kappa shape index (κ1) is 15.1. The number of rotatable bonds is 4. The van der Waals surface area contributed by atoms with E-state index in [1.807, 2.05) is 17.5 Å². The molecule has 0 unspecified atom stereocenters. The Hall–Kier alpha value is -3.46. The summed E-state index contributed by atoms with van der Waals surface area (Å²) >= 11 is 1.34. The quantitative estimate of drug-likeness (QED) is 0.607. The zero-order valence-electron chi connectivity index (χ0n) is 12.8. The van der Waals surface area contributed by atoms with E-state index in [1.54, 1.807) is 47.7 Å². The van der Waals surface area contributed by atoms with Gasteiger partial charge in [0.1, 0.15) is 0 Å². The molecule has 122 valence electrons. The molecule has 4 rings (SSSR count). The van der Waals surface area contributed by atoms with E-state index in [2.05, 4.69) is 30.6 Å². The van der Waals surface area contributed by atoms with E-state index < -0.39 is 0 Å². The fourth-order valence-corrected chi connectivity index (χ4v) is 2.83. The Morgan fingerprint density at radius 3 is 2.80 bits per heavy atom. The lowest BCUT2D eigenvalue weighted by Crippen LogP contribution is -2.15. The largest absolute Gasteiger partial charge is 0.296 e. The number of amides is 1. The maximum atomic E-state index is 12.3. The third kappa shape index (κ3) is 3.26. The lowest BCUT2D eigenvalue weighted by atomic mass is 10.2. The summed E-state index contributed by atoms with van der Waals surface area (Å²) in [7, 11) is 0. The van der Waals surface area contributed by atoms with Crippen molar-refractivity contribution >= 4 is 22.4 Å². The number of carbonyl (C=O) groups excluding carboxylic acids is 1. The van der Waals surface area contributed by atoms with Gasteiger partial charge in [0.2, 0.25) is 0 Å². The van der Waals surface area contributed by atoms with Gasteiger partial charge in [-0.3, -0.25) is 15.1 Å². The number of nitrogens with zero attached hydrogens (tertiary/aromatic N) is 6. The number of nitrogens with one attached hydrogen (secondary N) is 1. The van der Waals surface area contributed by atoms with Crippen LogP contribution < -0.4 is 5.32 Å². The molecule has 4 aromatic heterocycles. The van der Waals surface area contributed by atoms with Crippen LogP contribution in [0.1, 0.15) is 10.5 Å². The predicted octanol–water partition coefficient (Wildman–Crippen LogP) is 2.43. The van der Waals surface area contributed by atoms with Crippen LogP contribution in [0.2, 0.25) is 0 Å². The van der Waals surface area contributed by atoms with Crippen LogP contribution in [0.3, 0.4) is 0 Å². The van der Waals surface area contributed by atoms with Gasteiger partial charge in [-0.1, -0.05) is 0 Å². The van der Waals surface area contributed by atoms with Crippen molar-refractivity contribution in [3.05, 3.63) is 66.2 Å². The second-order valence-electron chi connectivity index (χ2n) is 4.96. The molecule has 4 aromatic rings. The molecule has 0 bridgehead atoms. The van der Waals surface area contributed by atoms with Crippen LogP contribution in [-0.2, 0) is 0 Å². The molecule has 0 radical (unpaired) electrons. The Kier molecular flexibility index (Phi) is 3.97. The van der Waals surface area contributed by atoms with Crippen LogP contribution in [0.25, 0.3) is 17.1 Å². The summed E-state index contributed by atoms with van der Waals surface area (Å²) in [5, 5.41) is 17.1. The Bertz CT molecular complexity index is 981. The first-order valence-electron chi connectivity index (χ1n) is 7.30. The van der Waals surface area contributed by atoms with E-state index >= 15 is 0 Å². The van der Waals surface area contributed by atoms with E-state index in [-0.39, 0.29) is 11.6 Å². The molecular formula is C16H11N7OS. The first-order chi connectivity index (χ1) is 12.3. The van der Waals surface area contributed by atoms with Crippen LogP contribution in [0, 0.1) is 0 Å². The fraction of sp³-hybridized carbons (Fsp3) is 0. The first-order valence-corrected chi connectivity index (χ1v) is 8.18. The van der Waals surface area contributed by atoms with Gasteiger partial charge >= 0.3 is 0 Å². The molecule has 0 atom stereocenters. The number of carbonyl (C=O) groups is 1. The van der Waals surface area contributed by atoms with Gasteiger partial charge in [0, 0.05) is 35.7 Å². The van der Waals surface area contributed by atoms with Crippen LogP contribution in [-0.4, -0.2) is 35.9 Å². The third-order valence-electron chi connectivity index (χ3n) is 3.30. The molecule has 9 heteroatoms. The van der Waals surface area contributed by atoms with Gasteiger partial charge in [-0.05, 0) is 30.3 Å². The van der Waals surface area contributed by atoms with Crippen molar-refractivity contribution in [3.63, 3.8) is 0 Å². The van der Waals surface area contributed by atoms with Crippen molar-refractivity contribution < 1.29 is 4.79 Å². The average Bonchev–Trinajstić information content (AvgIpc) is 3.35. The highest BCUT2D eigenvalue weighted by molar-refractivity contribution is 7.14. The van der Waals surface area contributed by atoms with Crippen molar-refractivity contribution in [1.82, 2.24) is 29.9 Å². The lowest BCUT2D eigenvalue weighted by molar-refractivity contribution is 0.102. The summed E-state index contributed by atoms with van der Waals surface area (Å²) in [6, 6.07) is 8.80. The summed E-state index contributed by atoms with van der Waals surface area (Å²) in [5.74, 6) is 0.168. The third-order valence-corrected chi connectivity index (χ3v) is 4.06. The molecule has 1 N–H and O–H groups in total. The zero-order chi connectivity index (χ0) is 17.1. The Balaban J connectivity index is 1.48. The van der Waals surface area contributed by atoms with Gasteiger partial charge in [-0.15, -0.1) is 21.5 Å². The van der Waals surface area contributed by atoms with E-state index in [1.165, 1.54) is 11.3 Å². The highest BCUT2D eigenvalue weighted by atomic mass is 32.1. The number of hydrogen-bond donors (Lipinski definition) is 1. The van der Waals surface area contributed by atoms with E-state index in [9.17, 15) is 4.79 Å². The minimum Gasteiger partial charge on any atom is -0.296 e. The van der Waals surface area contributed by atoms with Gasteiger partial charge in [-0.25, -0.2) is 9.67 Å².